The van der Waals surface area contributed by atoms with E-state index in [4.69, 9.17) is 19.5 Å². The van der Waals surface area contributed by atoms with Gasteiger partial charge in [0, 0.05) is 0 Å². The fourth-order valence-electron chi connectivity index (χ4n) is 5.59. The van der Waals surface area contributed by atoms with Crippen LogP contribution in [0.5, 0.6) is 0 Å². The maximum atomic E-state index is 6.56. The third kappa shape index (κ3) is 3.99. The molecule has 0 bridgehead atoms. The highest BCUT2D eigenvalue weighted by molar-refractivity contribution is 6.06. The van der Waals surface area contributed by atoms with Crippen LogP contribution in [-0.4, -0.2) is 23.0 Å². The quantitative estimate of drug-likeness (QED) is 0.289. The van der Waals surface area contributed by atoms with E-state index in [0.717, 1.165) is 11.1 Å². The van der Waals surface area contributed by atoms with E-state index < -0.39 is 16.6 Å². The Morgan fingerprint density at radius 3 is 1.35 bits per heavy atom. The number of nitrogens with zero attached hydrogens (tertiary/aromatic N) is 2. The second-order valence-electron chi connectivity index (χ2n) is 11.9. The van der Waals surface area contributed by atoms with Gasteiger partial charge < -0.3 is 9.47 Å². The highest BCUT2D eigenvalue weighted by Crippen LogP contribution is 2.46. The minimum absolute atomic E-state index is 0.113. The second-order valence-corrected chi connectivity index (χ2v) is 11.9. The summed E-state index contributed by atoms with van der Waals surface area (Å²) in [6.07, 6.45) is 0. The molecule has 188 valence electrons. The van der Waals surface area contributed by atoms with Crippen molar-refractivity contribution in [2.24, 2.45) is 15.4 Å². The smallest absolute Gasteiger partial charge is 0.199 e. The van der Waals surface area contributed by atoms with Crippen LogP contribution in [0.3, 0.4) is 0 Å². The summed E-state index contributed by atoms with van der Waals surface area (Å²) in [6.45, 7) is 12.6. The monoisotopic (exact) mass is 490 g/mol. The molecule has 0 amide bonds. The van der Waals surface area contributed by atoms with Crippen molar-refractivity contribution in [3.63, 3.8) is 0 Å². The van der Waals surface area contributed by atoms with Crippen LogP contribution in [0, 0.1) is 5.41 Å². The zero-order chi connectivity index (χ0) is 26.0. The largest absolute Gasteiger partial charge is 0.472 e. The molecule has 0 aromatic heterocycles. The minimum atomic E-state index is -0.605. The number of rotatable bonds is 4. The molecule has 4 nitrogen and oxygen atoms in total. The number of hydrogen-bond acceptors (Lipinski definition) is 4. The molecule has 4 aromatic carbocycles. The molecular formula is C33H34N2O2. The summed E-state index contributed by atoms with van der Waals surface area (Å²) in [4.78, 5) is 10.3. The highest BCUT2D eigenvalue weighted by atomic mass is 16.5. The van der Waals surface area contributed by atoms with E-state index in [0.29, 0.717) is 11.8 Å². The van der Waals surface area contributed by atoms with Gasteiger partial charge in [0.1, 0.15) is 28.7 Å². The van der Waals surface area contributed by atoms with Gasteiger partial charge in [0.15, 0.2) is 11.8 Å². The first-order valence-electron chi connectivity index (χ1n) is 13.1. The van der Waals surface area contributed by atoms with Crippen molar-refractivity contribution in [2.75, 3.05) is 0 Å². The molecule has 0 saturated heterocycles. The normalized spacial score (nSPS) is 22.4. The molecule has 2 atom stereocenters. The van der Waals surface area contributed by atoms with Crippen molar-refractivity contribution in [3.05, 3.63) is 96.1 Å². The van der Waals surface area contributed by atoms with Gasteiger partial charge in [-0.1, -0.05) is 72.8 Å². The number of hydrogen-bond donors (Lipinski definition) is 0. The van der Waals surface area contributed by atoms with Gasteiger partial charge in [-0.3, -0.25) is 0 Å². The van der Waals surface area contributed by atoms with Crippen LogP contribution in [0.1, 0.15) is 64.8 Å². The standard InChI is InChI=1S/C33H34N2O2/c1-31(2,29-34-27(32(3,4)36-29)25-17-15-21-11-7-9-13-23(21)19-25)30-35-28(33(5,6)37-30)26-18-16-22-12-8-10-14-24(22)20-26/h7-20,27-28H,1-6H3/t27-,28-/m1/s1. The predicted molar refractivity (Wildman–Crippen MR) is 152 cm³/mol. The predicted octanol–water partition coefficient (Wildman–Crippen LogP) is 8.22. The van der Waals surface area contributed by atoms with E-state index in [2.05, 4.69) is 126 Å². The van der Waals surface area contributed by atoms with E-state index >= 15 is 0 Å². The Morgan fingerprint density at radius 1 is 0.568 bits per heavy atom. The van der Waals surface area contributed by atoms with Crippen LogP contribution in [0.2, 0.25) is 0 Å². The highest BCUT2D eigenvalue weighted by Gasteiger charge is 2.51. The molecule has 37 heavy (non-hydrogen) atoms. The maximum absolute atomic E-state index is 6.56. The van der Waals surface area contributed by atoms with E-state index in [-0.39, 0.29) is 12.1 Å². The molecular weight excluding hydrogens is 456 g/mol. The topological polar surface area (TPSA) is 43.2 Å². The maximum Gasteiger partial charge on any atom is 0.199 e. The average Bonchev–Trinajstić information content (AvgIpc) is 3.39. The zero-order valence-electron chi connectivity index (χ0n) is 22.4. The molecule has 6 rings (SSSR count). The summed E-state index contributed by atoms with van der Waals surface area (Å²) in [5, 5.41) is 4.87. The van der Waals surface area contributed by atoms with Gasteiger partial charge in [-0.05, 0) is 86.3 Å². The van der Waals surface area contributed by atoms with E-state index in [1.165, 1.54) is 21.5 Å². The Morgan fingerprint density at radius 2 is 0.946 bits per heavy atom. The van der Waals surface area contributed by atoms with Crippen molar-refractivity contribution in [3.8, 4) is 0 Å². The van der Waals surface area contributed by atoms with Gasteiger partial charge >= 0.3 is 0 Å². The summed E-state index contributed by atoms with van der Waals surface area (Å²) in [6, 6.07) is 29.7. The first-order chi connectivity index (χ1) is 17.5. The summed E-state index contributed by atoms with van der Waals surface area (Å²) in [5.41, 5.74) is 0.727. The zero-order valence-corrected chi connectivity index (χ0v) is 22.4. The van der Waals surface area contributed by atoms with Gasteiger partial charge in [-0.2, -0.15) is 0 Å². The molecule has 2 aliphatic rings. The van der Waals surface area contributed by atoms with Crippen molar-refractivity contribution in [1.29, 1.82) is 0 Å². The summed E-state index contributed by atoms with van der Waals surface area (Å²) in [7, 11) is 0. The molecule has 4 aromatic rings. The summed E-state index contributed by atoms with van der Waals surface area (Å²) < 4.78 is 13.1. The van der Waals surface area contributed by atoms with Gasteiger partial charge in [0.2, 0.25) is 0 Å². The fourth-order valence-corrected chi connectivity index (χ4v) is 5.59. The molecule has 4 heteroatoms. The molecule has 0 aliphatic carbocycles. The number of aliphatic imine (C=N–C) groups is 2. The average molecular weight is 491 g/mol. The van der Waals surface area contributed by atoms with Crippen LogP contribution in [-0.2, 0) is 9.47 Å². The van der Waals surface area contributed by atoms with Crippen molar-refractivity contribution < 1.29 is 9.47 Å². The van der Waals surface area contributed by atoms with Gasteiger partial charge in [-0.15, -0.1) is 0 Å². The molecule has 0 spiro atoms. The SMILES string of the molecule is CC(C)(C1=N[C@H](c2ccc3ccccc3c2)C(C)(C)O1)C1=N[C@H](c2ccc3ccccc3c2)C(C)(C)O1. The Balaban J connectivity index is 1.35. The molecule has 0 unspecified atom stereocenters. The molecule has 0 saturated carbocycles. The van der Waals surface area contributed by atoms with Crippen LogP contribution < -0.4 is 0 Å². The Bertz CT molecular complexity index is 1460. The molecule has 0 N–H and O–H groups in total. The lowest BCUT2D eigenvalue weighted by molar-refractivity contribution is 0.0734. The van der Waals surface area contributed by atoms with Crippen LogP contribution in [0.15, 0.2) is 94.9 Å². The van der Waals surface area contributed by atoms with Gasteiger partial charge in [0.05, 0.1) is 0 Å². The Labute approximate surface area is 219 Å². The molecule has 2 heterocycles. The van der Waals surface area contributed by atoms with Crippen LogP contribution in [0.25, 0.3) is 21.5 Å². The third-order valence-corrected chi connectivity index (χ3v) is 7.78. The molecule has 0 fully saturated rings. The summed E-state index contributed by atoms with van der Waals surface area (Å²) >= 11 is 0. The Kier molecular flexibility index (Phi) is 5.24. The number of ether oxygens (including phenoxy) is 2. The number of benzene rings is 4. The fraction of sp³-hybridized carbons (Fsp3) is 0.333. The van der Waals surface area contributed by atoms with E-state index in [1.807, 2.05) is 0 Å². The minimum Gasteiger partial charge on any atom is -0.472 e. The van der Waals surface area contributed by atoms with Gasteiger partial charge in [0.25, 0.3) is 0 Å². The number of fused-ring (bicyclic) bond motifs is 2. The first kappa shape index (κ1) is 23.7. The molecule has 0 radical (unpaired) electrons. The third-order valence-electron chi connectivity index (χ3n) is 7.78. The van der Waals surface area contributed by atoms with Crippen molar-refractivity contribution in [2.45, 2.75) is 64.8 Å². The van der Waals surface area contributed by atoms with Crippen LogP contribution >= 0.6 is 0 Å². The van der Waals surface area contributed by atoms with Crippen molar-refractivity contribution in [1.82, 2.24) is 0 Å². The lowest BCUT2D eigenvalue weighted by atomic mass is 9.91. The van der Waals surface area contributed by atoms with Crippen molar-refractivity contribution >= 4 is 33.3 Å². The lowest BCUT2D eigenvalue weighted by Gasteiger charge is -2.30. The second kappa shape index (κ2) is 8.17. The van der Waals surface area contributed by atoms with E-state index in [1.54, 1.807) is 0 Å². The lowest BCUT2D eigenvalue weighted by Crippen LogP contribution is -2.39. The summed E-state index contributed by atoms with van der Waals surface area (Å²) in [5.74, 6) is 1.34. The van der Waals surface area contributed by atoms with Gasteiger partial charge in [-0.25, -0.2) is 9.98 Å². The first-order valence-corrected chi connectivity index (χ1v) is 13.1. The molecule has 2 aliphatic heterocycles. The van der Waals surface area contributed by atoms with Crippen LogP contribution in [0.4, 0.5) is 0 Å². The Hall–Kier alpha value is -3.66. The van der Waals surface area contributed by atoms with E-state index in [9.17, 15) is 0 Å².